The normalized spacial score (nSPS) is 17.3. The summed E-state index contributed by atoms with van der Waals surface area (Å²) in [6.07, 6.45) is 2.17. The molecule has 0 spiro atoms. The van der Waals surface area contributed by atoms with Crippen LogP contribution in [0.1, 0.15) is 12.8 Å². The minimum Gasteiger partial charge on any atom is -0.495 e. The zero-order valence-corrected chi connectivity index (χ0v) is 9.47. The van der Waals surface area contributed by atoms with E-state index in [0.717, 1.165) is 30.8 Å². The molecule has 82 valence electrons. The second-order valence-electron chi connectivity index (χ2n) is 4.06. The molecule has 0 heterocycles. The average Bonchev–Trinajstić information content (AvgIpc) is 2.95. The van der Waals surface area contributed by atoms with Crippen molar-refractivity contribution in [2.24, 2.45) is 5.73 Å². The number of anilines is 1. The number of nitrogens with two attached hydrogens (primary N) is 1. The fourth-order valence-corrected chi connectivity index (χ4v) is 1.60. The van der Waals surface area contributed by atoms with Gasteiger partial charge < -0.3 is 15.8 Å². The van der Waals surface area contributed by atoms with Gasteiger partial charge in [0.05, 0.1) is 12.8 Å². The molecule has 4 heteroatoms. The fourth-order valence-electron chi connectivity index (χ4n) is 1.43. The third kappa shape index (κ3) is 2.55. The van der Waals surface area contributed by atoms with E-state index in [1.165, 1.54) is 0 Å². The van der Waals surface area contributed by atoms with Gasteiger partial charge in [0.25, 0.3) is 0 Å². The van der Waals surface area contributed by atoms with E-state index in [9.17, 15) is 0 Å². The van der Waals surface area contributed by atoms with Crippen molar-refractivity contribution in [1.82, 2.24) is 0 Å². The van der Waals surface area contributed by atoms with Crippen molar-refractivity contribution >= 4 is 17.3 Å². The van der Waals surface area contributed by atoms with Crippen molar-refractivity contribution in [2.75, 3.05) is 19.0 Å². The van der Waals surface area contributed by atoms with Crippen LogP contribution in [0.2, 0.25) is 5.02 Å². The first-order chi connectivity index (χ1) is 7.13. The molecule has 0 atom stereocenters. The topological polar surface area (TPSA) is 47.3 Å². The van der Waals surface area contributed by atoms with Gasteiger partial charge in [0.15, 0.2) is 0 Å². The summed E-state index contributed by atoms with van der Waals surface area (Å²) >= 11 is 5.91. The smallest absolute Gasteiger partial charge is 0.142 e. The summed E-state index contributed by atoms with van der Waals surface area (Å²) in [4.78, 5) is 0. The van der Waals surface area contributed by atoms with Crippen molar-refractivity contribution in [1.29, 1.82) is 0 Å². The quantitative estimate of drug-likeness (QED) is 0.828. The molecule has 1 aliphatic rings. The van der Waals surface area contributed by atoms with Crippen molar-refractivity contribution in [3.63, 3.8) is 0 Å². The largest absolute Gasteiger partial charge is 0.495 e. The van der Waals surface area contributed by atoms with Gasteiger partial charge in [-0.25, -0.2) is 0 Å². The SMILES string of the molecule is COc1ccc(Cl)cc1NCC1(N)CC1. The number of benzene rings is 1. The summed E-state index contributed by atoms with van der Waals surface area (Å²) in [6.45, 7) is 0.768. The number of hydrogen-bond acceptors (Lipinski definition) is 3. The van der Waals surface area contributed by atoms with E-state index in [1.54, 1.807) is 13.2 Å². The van der Waals surface area contributed by atoms with Crippen molar-refractivity contribution < 1.29 is 4.74 Å². The van der Waals surface area contributed by atoms with Gasteiger partial charge >= 0.3 is 0 Å². The molecule has 1 aromatic carbocycles. The van der Waals surface area contributed by atoms with Crippen molar-refractivity contribution in [2.45, 2.75) is 18.4 Å². The van der Waals surface area contributed by atoms with Crippen LogP contribution in [-0.4, -0.2) is 19.2 Å². The molecule has 1 saturated carbocycles. The van der Waals surface area contributed by atoms with Crippen LogP contribution in [0.15, 0.2) is 18.2 Å². The van der Waals surface area contributed by atoms with Gasteiger partial charge in [-0.3, -0.25) is 0 Å². The van der Waals surface area contributed by atoms with E-state index in [0.29, 0.717) is 5.02 Å². The number of methoxy groups -OCH3 is 1. The molecule has 0 radical (unpaired) electrons. The molecule has 15 heavy (non-hydrogen) atoms. The summed E-state index contributed by atoms with van der Waals surface area (Å²) in [6, 6.07) is 5.51. The highest BCUT2D eigenvalue weighted by Crippen LogP contribution is 2.34. The monoisotopic (exact) mass is 226 g/mol. The molecule has 1 fully saturated rings. The molecule has 0 aliphatic heterocycles. The van der Waals surface area contributed by atoms with Crippen LogP contribution < -0.4 is 15.8 Å². The summed E-state index contributed by atoms with van der Waals surface area (Å²) in [7, 11) is 1.64. The van der Waals surface area contributed by atoms with Crippen LogP contribution in [-0.2, 0) is 0 Å². The molecule has 0 unspecified atom stereocenters. The lowest BCUT2D eigenvalue weighted by molar-refractivity contribution is 0.416. The Morgan fingerprint density at radius 3 is 2.87 bits per heavy atom. The number of hydrogen-bond donors (Lipinski definition) is 2. The van der Waals surface area contributed by atoms with E-state index in [-0.39, 0.29) is 5.54 Å². The predicted octanol–water partition coefficient (Wildman–Crippen LogP) is 2.25. The summed E-state index contributed by atoms with van der Waals surface area (Å²) < 4.78 is 5.22. The van der Waals surface area contributed by atoms with Crippen LogP contribution in [0.5, 0.6) is 5.75 Å². The number of rotatable bonds is 4. The molecule has 0 bridgehead atoms. The zero-order chi connectivity index (χ0) is 10.9. The van der Waals surface area contributed by atoms with Gasteiger partial charge in [-0.2, -0.15) is 0 Å². The Labute approximate surface area is 94.6 Å². The van der Waals surface area contributed by atoms with Gasteiger partial charge in [0.1, 0.15) is 5.75 Å². The minimum absolute atomic E-state index is 0.0205. The van der Waals surface area contributed by atoms with Crippen LogP contribution in [0.3, 0.4) is 0 Å². The highest BCUT2D eigenvalue weighted by molar-refractivity contribution is 6.30. The molecular formula is C11H15ClN2O. The molecule has 3 nitrogen and oxygen atoms in total. The Morgan fingerprint density at radius 1 is 1.53 bits per heavy atom. The van der Waals surface area contributed by atoms with Gasteiger partial charge in [-0.05, 0) is 31.0 Å². The summed E-state index contributed by atoms with van der Waals surface area (Å²) in [5.41, 5.74) is 6.87. The lowest BCUT2D eigenvalue weighted by Crippen LogP contribution is -2.31. The first-order valence-corrected chi connectivity index (χ1v) is 5.37. The molecule has 1 aliphatic carbocycles. The Kier molecular flexibility index (Phi) is 2.76. The van der Waals surface area contributed by atoms with E-state index in [4.69, 9.17) is 22.1 Å². The highest BCUT2D eigenvalue weighted by Gasteiger charge is 2.37. The first-order valence-electron chi connectivity index (χ1n) is 4.99. The van der Waals surface area contributed by atoms with Gasteiger partial charge in [-0.1, -0.05) is 11.6 Å². The number of ether oxygens (including phenoxy) is 1. The Balaban J connectivity index is 2.08. The first kappa shape index (κ1) is 10.6. The van der Waals surface area contributed by atoms with Gasteiger partial charge in [0.2, 0.25) is 0 Å². The van der Waals surface area contributed by atoms with Crippen molar-refractivity contribution in [3.8, 4) is 5.75 Å². The average molecular weight is 227 g/mol. The molecule has 3 N–H and O–H groups in total. The maximum absolute atomic E-state index is 5.99. The Bertz CT molecular complexity index is 364. The van der Waals surface area contributed by atoms with Crippen LogP contribution in [0, 0.1) is 0 Å². The third-order valence-electron chi connectivity index (χ3n) is 2.68. The molecule has 0 saturated heterocycles. The maximum Gasteiger partial charge on any atom is 0.142 e. The molecule has 1 aromatic rings. The van der Waals surface area contributed by atoms with Gasteiger partial charge in [-0.15, -0.1) is 0 Å². The molecular weight excluding hydrogens is 212 g/mol. The van der Waals surface area contributed by atoms with E-state index in [2.05, 4.69) is 5.32 Å². The second-order valence-corrected chi connectivity index (χ2v) is 4.50. The predicted molar refractivity (Wildman–Crippen MR) is 62.6 cm³/mol. The lowest BCUT2D eigenvalue weighted by Gasteiger charge is -2.14. The standard InChI is InChI=1S/C11H15ClN2O/c1-15-10-3-2-8(12)6-9(10)14-7-11(13)4-5-11/h2-3,6,14H,4-5,7,13H2,1H3. The second kappa shape index (κ2) is 3.91. The fraction of sp³-hybridized carbons (Fsp3) is 0.455. The molecule has 0 aromatic heterocycles. The molecule has 2 rings (SSSR count). The van der Waals surface area contributed by atoms with E-state index < -0.39 is 0 Å². The van der Waals surface area contributed by atoms with Crippen molar-refractivity contribution in [3.05, 3.63) is 23.2 Å². The van der Waals surface area contributed by atoms with Gasteiger partial charge in [0, 0.05) is 17.1 Å². The van der Waals surface area contributed by atoms with Crippen LogP contribution >= 0.6 is 11.6 Å². The Hall–Kier alpha value is -0.930. The lowest BCUT2D eigenvalue weighted by atomic mass is 10.2. The van der Waals surface area contributed by atoms with Crippen LogP contribution in [0.4, 0.5) is 5.69 Å². The summed E-state index contributed by atoms with van der Waals surface area (Å²) in [5.74, 6) is 0.795. The minimum atomic E-state index is -0.0205. The summed E-state index contributed by atoms with van der Waals surface area (Å²) in [5, 5.41) is 3.97. The number of halogens is 1. The number of nitrogens with one attached hydrogen (secondary N) is 1. The zero-order valence-electron chi connectivity index (χ0n) is 8.72. The highest BCUT2D eigenvalue weighted by atomic mass is 35.5. The van der Waals surface area contributed by atoms with Crippen LogP contribution in [0.25, 0.3) is 0 Å². The molecule has 0 amide bonds. The van der Waals surface area contributed by atoms with E-state index in [1.807, 2.05) is 12.1 Å². The Morgan fingerprint density at radius 2 is 2.27 bits per heavy atom. The third-order valence-corrected chi connectivity index (χ3v) is 2.92. The maximum atomic E-state index is 5.99. The van der Waals surface area contributed by atoms with E-state index >= 15 is 0 Å².